The van der Waals surface area contributed by atoms with E-state index in [-0.39, 0.29) is 25.2 Å². The molecule has 112 valence electrons. The molecule has 19 heavy (non-hydrogen) atoms. The number of amides is 1. The number of nitrogens with one attached hydrogen (secondary N) is 2. The molecule has 0 aromatic rings. The van der Waals surface area contributed by atoms with Gasteiger partial charge in [-0.25, -0.2) is 0 Å². The highest BCUT2D eigenvalue weighted by atomic mass is 16.5. The van der Waals surface area contributed by atoms with Crippen molar-refractivity contribution in [2.75, 3.05) is 40.0 Å². The van der Waals surface area contributed by atoms with Gasteiger partial charge in [-0.15, -0.1) is 0 Å². The molecule has 1 rings (SSSR count). The van der Waals surface area contributed by atoms with Crippen molar-refractivity contribution in [2.45, 2.75) is 37.9 Å². The standard InChI is InChI=1S/C13H26N2O4/c1-13(17,5-8-18-2)10-15-12(16)9-19-11-3-6-14-7-4-11/h11,14,17H,3-10H2,1-2H3,(H,15,16). The van der Waals surface area contributed by atoms with E-state index in [2.05, 4.69) is 10.6 Å². The molecule has 1 aliphatic heterocycles. The maximum Gasteiger partial charge on any atom is 0.246 e. The van der Waals surface area contributed by atoms with Crippen LogP contribution >= 0.6 is 0 Å². The first-order valence-electron chi connectivity index (χ1n) is 6.84. The van der Waals surface area contributed by atoms with Crippen molar-refractivity contribution >= 4 is 5.91 Å². The number of hydrogen-bond acceptors (Lipinski definition) is 5. The van der Waals surface area contributed by atoms with Gasteiger partial charge in [0, 0.05) is 26.7 Å². The molecule has 0 radical (unpaired) electrons. The van der Waals surface area contributed by atoms with Gasteiger partial charge in [0.25, 0.3) is 0 Å². The molecule has 1 fully saturated rings. The molecule has 1 unspecified atom stereocenters. The van der Waals surface area contributed by atoms with E-state index in [1.165, 1.54) is 0 Å². The lowest BCUT2D eigenvalue weighted by molar-refractivity contribution is -0.129. The van der Waals surface area contributed by atoms with E-state index in [9.17, 15) is 9.90 Å². The topological polar surface area (TPSA) is 79.8 Å². The van der Waals surface area contributed by atoms with Crippen molar-refractivity contribution in [3.63, 3.8) is 0 Å². The fraction of sp³-hybridized carbons (Fsp3) is 0.923. The molecule has 0 bridgehead atoms. The summed E-state index contributed by atoms with van der Waals surface area (Å²) < 4.78 is 10.4. The van der Waals surface area contributed by atoms with Crippen molar-refractivity contribution < 1.29 is 19.4 Å². The number of methoxy groups -OCH3 is 1. The Hall–Kier alpha value is -0.690. The predicted octanol–water partition coefficient (Wildman–Crippen LogP) is -0.341. The van der Waals surface area contributed by atoms with Crippen LogP contribution in [0.4, 0.5) is 0 Å². The van der Waals surface area contributed by atoms with Gasteiger partial charge in [-0.05, 0) is 32.9 Å². The molecular weight excluding hydrogens is 248 g/mol. The van der Waals surface area contributed by atoms with Crippen molar-refractivity contribution in [3.8, 4) is 0 Å². The van der Waals surface area contributed by atoms with Crippen LogP contribution in [0.5, 0.6) is 0 Å². The summed E-state index contributed by atoms with van der Waals surface area (Å²) in [5.74, 6) is -0.184. The van der Waals surface area contributed by atoms with Crippen LogP contribution in [0.15, 0.2) is 0 Å². The fourth-order valence-corrected chi connectivity index (χ4v) is 1.91. The molecule has 6 nitrogen and oxygen atoms in total. The van der Waals surface area contributed by atoms with Gasteiger partial charge in [0.15, 0.2) is 0 Å². The zero-order valence-electron chi connectivity index (χ0n) is 11.9. The predicted molar refractivity (Wildman–Crippen MR) is 72.0 cm³/mol. The Labute approximate surface area is 114 Å². The SMILES string of the molecule is COCCC(C)(O)CNC(=O)COC1CCNCC1. The zero-order chi connectivity index (χ0) is 14.1. The number of piperidine rings is 1. The van der Waals surface area contributed by atoms with Gasteiger partial charge >= 0.3 is 0 Å². The van der Waals surface area contributed by atoms with E-state index in [0.29, 0.717) is 13.0 Å². The Morgan fingerprint density at radius 3 is 2.79 bits per heavy atom. The van der Waals surface area contributed by atoms with Crippen LogP contribution in [-0.2, 0) is 14.3 Å². The average Bonchev–Trinajstić information content (AvgIpc) is 2.42. The normalized spacial score (nSPS) is 19.9. The maximum absolute atomic E-state index is 11.6. The number of aliphatic hydroxyl groups is 1. The van der Waals surface area contributed by atoms with E-state index < -0.39 is 5.60 Å². The van der Waals surface area contributed by atoms with Gasteiger partial charge in [0.2, 0.25) is 5.91 Å². The highest BCUT2D eigenvalue weighted by Gasteiger charge is 2.21. The molecule has 0 aliphatic carbocycles. The summed E-state index contributed by atoms with van der Waals surface area (Å²) in [5, 5.41) is 15.9. The highest BCUT2D eigenvalue weighted by molar-refractivity contribution is 5.77. The lowest BCUT2D eigenvalue weighted by Crippen LogP contribution is -2.43. The van der Waals surface area contributed by atoms with Gasteiger partial charge in [-0.2, -0.15) is 0 Å². The molecule has 0 aromatic carbocycles. The number of carbonyl (C=O) groups excluding carboxylic acids is 1. The summed E-state index contributed by atoms with van der Waals surface area (Å²) in [5.41, 5.74) is -0.944. The summed E-state index contributed by atoms with van der Waals surface area (Å²) in [4.78, 5) is 11.6. The minimum Gasteiger partial charge on any atom is -0.388 e. The zero-order valence-corrected chi connectivity index (χ0v) is 11.9. The quantitative estimate of drug-likeness (QED) is 0.564. The third kappa shape index (κ3) is 7.47. The van der Waals surface area contributed by atoms with E-state index >= 15 is 0 Å². The number of ether oxygens (including phenoxy) is 2. The monoisotopic (exact) mass is 274 g/mol. The minimum atomic E-state index is -0.944. The molecule has 1 aliphatic rings. The second kappa shape index (κ2) is 8.47. The van der Waals surface area contributed by atoms with Crippen LogP contribution < -0.4 is 10.6 Å². The van der Waals surface area contributed by atoms with Crippen molar-refractivity contribution in [2.24, 2.45) is 0 Å². The number of hydrogen-bond donors (Lipinski definition) is 3. The van der Waals surface area contributed by atoms with Crippen LogP contribution in [-0.4, -0.2) is 62.7 Å². The fourth-order valence-electron chi connectivity index (χ4n) is 1.91. The molecule has 6 heteroatoms. The third-order valence-corrected chi connectivity index (χ3v) is 3.25. The second-order valence-corrected chi connectivity index (χ2v) is 5.28. The van der Waals surface area contributed by atoms with Crippen LogP contribution in [0.2, 0.25) is 0 Å². The summed E-state index contributed by atoms with van der Waals surface area (Å²) >= 11 is 0. The van der Waals surface area contributed by atoms with Crippen LogP contribution in [0, 0.1) is 0 Å². The Morgan fingerprint density at radius 1 is 1.47 bits per heavy atom. The van der Waals surface area contributed by atoms with Crippen molar-refractivity contribution in [1.29, 1.82) is 0 Å². The van der Waals surface area contributed by atoms with Crippen molar-refractivity contribution in [1.82, 2.24) is 10.6 Å². The highest BCUT2D eigenvalue weighted by Crippen LogP contribution is 2.08. The van der Waals surface area contributed by atoms with Gasteiger partial charge in [0.05, 0.1) is 11.7 Å². The van der Waals surface area contributed by atoms with Crippen molar-refractivity contribution in [3.05, 3.63) is 0 Å². The molecular formula is C13H26N2O4. The van der Waals surface area contributed by atoms with Gasteiger partial charge < -0.3 is 25.2 Å². The summed E-state index contributed by atoms with van der Waals surface area (Å²) in [7, 11) is 1.58. The molecule has 1 heterocycles. The largest absolute Gasteiger partial charge is 0.388 e. The minimum absolute atomic E-state index is 0.0605. The van der Waals surface area contributed by atoms with Crippen LogP contribution in [0.1, 0.15) is 26.2 Å². The molecule has 0 saturated carbocycles. The van der Waals surface area contributed by atoms with Gasteiger partial charge in [-0.3, -0.25) is 4.79 Å². The Kier molecular flexibility index (Phi) is 7.30. The van der Waals surface area contributed by atoms with Gasteiger partial charge in [0.1, 0.15) is 6.61 Å². The van der Waals surface area contributed by atoms with E-state index in [1.807, 2.05) is 0 Å². The maximum atomic E-state index is 11.6. The number of carbonyl (C=O) groups is 1. The molecule has 0 spiro atoms. The van der Waals surface area contributed by atoms with E-state index in [4.69, 9.17) is 9.47 Å². The van der Waals surface area contributed by atoms with E-state index in [1.54, 1.807) is 14.0 Å². The first kappa shape index (κ1) is 16.4. The van der Waals surface area contributed by atoms with E-state index in [0.717, 1.165) is 25.9 Å². The van der Waals surface area contributed by atoms with Gasteiger partial charge in [-0.1, -0.05) is 0 Å². The Balaban J connectivity index is 2.12. The Morgan fingerprint density at radius 2 is 2.16 bits per heavy atom. The summed E-state index contributed by atoms with van der Waals surface area (Å²) in [6.07, 6.45) is 2.54. The lowest BCUT2D eigenvalue weighted by Gasteiger charge is -2.25. The van der Waals surface area contributed by atoms with Crippen LogP contribution in [0.25, 0.3) is 0 Å². The third-order valence-electron chi connectivity index (χ3n) is 3.25. The number of rotatable bonds is 8. The van der Waals surface area contributed by atoms with Crippen LogP contribution in [0.3, 0.4) is 0 Å². The average molecular weight is 274 g/mol. The Bertz CT molecular complexity index is 265. The second-order valence-electron chi connectivity index (χ2n) is 5.28. The summed E-state index contributed by atoms with van der Waals surface area (Å²) in [6, 6.07) is 0. The summed E-state index contributed by atoms with van der Waals surface area (Å²) in [6.45, 7) is 4.31. The molecule has 3 N–H and O–H groups in total. The first-order chi connectivity index (χ1) is 9.03. The first-order valence-corrected chi connectivity index (χ1v) is 6.84. The molecule has 0 aromatic heterocycles. The molecule has 1 saturated heterocycles. The lowest BCUT2D eigenvalue weighted by atomic mass is 10.0. The molecule has 1 amide bonds. The smallest absolute Gasteiger partial charge is 0.246 e. The molecule has 1 atom stereocenters.